The number of hydrogen-bond acceptors (Lipinski definition) is 4. The minimum absolute atomic E-state index is 0.441. The van der Waals surface area contributed by atoms with Crippen LogP contribution in [-0.4, -0.2) is 12.3 Å². The van der Waals surface area contributed by atoms with Gasteiger partial charge in [-0.1, -0.05) is 23.4 Å². The Labute approximate surface area is 117 Å². The average Bonchev–Trinajstić information content (AvgIpc) is 2.84. The van der Waals surface area contributed by atoms with Gasteiger partial charge in [-0.05, 0) is 36.2 Å². The number of benzene rings is 2. The number of nitrogen functional groups attached to an aromatic ring is 1. The fourth-order valence-corrected chi connectivity index (χ4v) is 2.34. The van der Waals surface area contributed by atoms with Gasteiger partial charge in [-0.15, -0.1) is 0 Å². The minimum Gasteiger partial charge on any atom is -0.497 e. The SMILES string of the molecule is COc1ccc(Cc2c(C)ccc3c(N)noc23)cc1. The van der Waals surface area contributed by atoms with Crippen molar-refractivity contribution in [3.63, 3.8) is 0 Å². The molecule has 1 heterocycles. The molecule has 0 atom stereocenters. The standard InChI is InChI=1S/C16H16N2O2/c1-10-3-8-13-15(20-18-16(13)17)14(10)9-11-4-6-12(19-2)7-5-11/h3-8H,9H2,1-2H3,(H2,17,18). The predicted molar refractivity (Wildman–Crippen MR) is 79.0 cm³/mol. The molecule has 0 aliphatic heterocycles. The van der Waals surface area contributed by atoms with Gasteiger partial charge in [0.25, 0.3) is 0 Å². The van der Waals surface area contributed by atoms with Gasteiger partial charge in [-0.3, -0.25) is 0 Å². The van der Waals surface area contributed by atoms with Gasteiger partial charge in [-0.25, -0.2) is 0 Å². The van der Waals surface area contributed by atoms with Gasteiger partial charge in [0.15, 0.2) is 11.4 Å². The van der Waals surface area contributed by atoms with E-state index < -0.39 is 0 Å². The van der Waals surface area contributed by atoms with Gasteiger partial charge in [0.1, 0.15) is 5.75 Å². The highest BCUT2D eigenvalue weighted by Crippen LogP contribution is 2.28. The molecule has 2 aromatic carbocycles. The van der Waals surface area contributed by atoms with Crippen LogP contribution in [0.2, 0.25) is 0 Å². The van der Waals surface area contributed by atoms with Gasteiger partial charge >= 0.3 is 0 Å². The third-order valence-electron chi connectivity index (χ3n) is 3.55. The van der Waals surface area contributed by atoms with Gasteiger partial charge in [0.2, 0.25) is 0 Å². The highest BCUT2D eigenvalue weighted by molar-refractivity contribution is 5.90. The van der Waals surface area contributed by atoms with Crippen LogP contribution in [-0.2, 0) is 6.42 Å². The van der Waals surface area contributed by atoms with Crippen molar-refractivity contribution in [1.29, 1.82) is 0 Å². The lowest BCUT2D eigenvalue weighted by atomic mass is 9.98. The second-order valence-corrected chi connectivity index (χ2v) is 4.83. The van der Waals surface area contributed by atoms with Crippen molar-refractivity contribution in [1.82, 2.24) is 5.16 Å². The van der Waals surface area contributed by atoms with Gasteiger partial charge < -0.3 is 15.0 Å². The molecule has 0 aliphatic carbocycles. The Hall–Kier alpha value is -2.49. The number of nitrogens with two attached hydrogens (primary N) is 1. The molecule has 4 heteroatoms. The summed E-state index contributed by atoms with van der Waals surface area (Å²) in [4.78, 5) is 0. The number of rotatable bonds is 3. The summed E-state index contributed by atoms with van der Waals surface area (Å²) in [5, 5.41) is 4.72. The topological polar surface area (TPSA) is 61.3 Å². The fraction of sp³-hybridized carbons (Fsp3) is 0.188. The number of aryl methyl sites for hydroxylation is 1. The van der Waals surface area contributed by atoms with E-state index in [1.165, 1.54) is 11.1 Å². The molecule has 3 rings (SSSR count). The maximum Gasteiger partial charge on any atom is 0.174 e. The average molecular weight is 268 g/mol. The zero-order valence-electron chi connectivity index (χ0n) is 11.5. The van der Waals surface area contributed by atoms with Crippen LogP contribution in [0.25, 0.3) is 11.0 Å². The van der Waals surface area contributed by atoms with Crippen molar-refractivity contribution >= 4 is 16.8 Å². The molecule has 0 amide bonds. The molecule has 0 unspecified atom stereocenters. The number of hydrogen-bond donors (Lipinski definition) is 1. The summed E-state index contributed by atoms with van der Waals surface area (Å²) in [5.74, 6) is 1.29. The molecule has 0 fully saturated rings. The second kappa shape index (κ2) is 4.89. The van der Waals surface area contributed by atoms with E-state index in [0.717, 1.165) is 28.7 Å². The van der Waals surface area contributed by atoms with Crippen LogP contribution in [0.15, 0.2) is 40.9 Å². The number of fused-ring (bicyclic) bond motifs is 1. The van der Waals surface area contributed by atoms with E-state index >= 15 is 0 Å². The summed E-state index contributed by atoms with van der Waals surface area (Å²) >= 11 is 0. The van der Waals surface area contributed by atoms with Crippen LogP contribution in [0, 0.1) is 6.92 Å². The number of aromatic nitrogens is 1. The van der Waals surface area contributed by atoms with Crippen LogP contribution in [0.5, 0.6) is 5.75 Å². The maximum absolute atomic E-state index is 5.81. The van der Waals surface area contributed by atoms with E-state index in [1.807, 2.05) is 18.2 Å². The molecule has 4 nitrogen and oxygen atoms in total. The summed E-state index contributed by atoms with van der Waals surface area (Å²) in [5.41, 5.74) is 10.1. The highest BCUT2D eigenvalue weighted by Gasteiger charge is 2.12. The normalized spacial score (nSPS) is 10.9. The monoisotopic (exact) mass is 268 g/mol. The molecule has 20 heavy (non-hydrogen) atoms. The van der Waals surface area contributed by atoms with Crippen molar-refractivity contribution in [2.75, 3.05) is 12.8 Å². The summed E-state index contributed by atoms with van der Waals surface area (Å²) in [6, 6.07) is 12.0. The molecule has 102 valence electrons. The Morgan fingerprint density at radius 2 is 1.90 bits per heavy atom. The minimum atomic E-state index is 0.441. The lowest BCUT2D eigenvalue weighted by molar-refractivity contribution is 0.414. The van der Waals surface area contributed by atoms with Crippen LogP contribution in [0.4, 0.5) is 5.82 Å². The molecule has 0 aliphatic rings. The van der Waals surface area contributed by atoms with Gasteiger partial charge in [0, 0.05) is 12.0 Å². The summed E-state index contributed by atoms with van der Waals surface area (Å²) < 4.78 is 10.5. The smallest absolute Gasteiger partial charge is 0.174 e. The van der Waals surface area contributed by atoms with E-state index in [1.54, 1.807) is 7.11 Å². The van der Waals surface area contributed by atoms with Crippen molar-refractivity contribution in [2.24, 2.45) is 0 Å². The van der Waals surface area contributed by atoms with Crippen LogP contribution in [0.3, 0.4) is 0 Å². The Morgan fingerprint density at radius 1 is 1.15 bits per heavy atom. The number of nitrogens with zero attached hydrogens (tertiary/aromatic N) is 1. The lowest BCUT2D eigenvalue weighted by Crippen LogP contribution is -1.93. The maximum atomic E-state index is 5.81. The third kappa shape index (κ3) is 2.09. The van der Waals surface area contributed by atoms with Gasteiger partial charge in [0.05, 0.1) is 12.5 Å². The molecular weight excluding hydrogens is 252 g/mol. The number of methoxy groups -OCH3 is 1. The largest absolute Gasteiger partial charge is 0.497 e. The number of anilines is 1. The van der Waals surface area contributed by atoms with Crippen molar-refractivity contribution in [3.8, 4) is 5.75 Å². The van der Waals surface area contributed by atoms with E-state index in [-0.39, 0.29) is 0 Å². The molecule has 0 spiro atoms. The molecule has 3 aromatic rings. The lowest BCUT2D eigenvalue weighted by Gasteiger charge is -2.07. The second-order valence-electron chi connectivity index (χ2n) is 4.83. The summed E-state index contributed by atoms with van der Waals surface area (Å²) in [7, 11) is 1.66. The molecular formula is C16H16N2O2. The van der Waals surface area contributed by atoms with E-state index in [9.17, 15) is 0 Å². The molecule has 2 N–H and O–H groups in total. The zero-order valence-corrected chi connectivity index (χ0v) is 11.5. The van der Waals surface area contributed by atoms with Crippen LogP contribution in [0.1, 0.15) is 16.7 Å². The Bertz CT molecular complexity index is 745. The summed E-state index contributed by atoms with van der Waals surface area (Å²) in [6.07, 6.45) is 0.780. The van der Waals surface area contributed by atoms with E-state index in [0.29, 0.717) is 5.82 Å². The van der Waals surface area contributed by atoms with Crippen molar-refractivity contribution in [2.45, 2.75) is 13.3 Å². The first-order valence-electron chi connectivity index (χ1n) is 6.45. The van der Waals surface area contributed by atoms with E-state index in [2.05, 4.69) is 30.3 Å². The molecule has 0 saturated carbocycles. The van der Waals surface area contributed by atoms with Crippen LogP contribution >= 0.6 is 0 Å². The third-order valence-corrected chi connectivity index (χ3v) is 3.55. The highest BCUT2D eigenvalue weighted by atomic mass is 16.5. The Morgan fingerprint density at radius 3 is 2.60 bits per heavy atom. The van der Waals surface area contributed by atoms with E-state index in [4.69, 9.17) is 15.0 Å². The molecule has 0 bridgehead atoms. The van der Waals surface area contributed by atoms with Gasteiger partial charge in [-0.2, -0.15) is 0 Å². The first-order chi connectivity index (χ1) is 9.69. The predicted octanol–water partition coefficient (Wildman–Crippen LogP) is 3.32. The Balaban J connectivity index is 2.02. The van der Waals surface area contributed by atoms with Crippen molar-refractivity contribution < 1.29 is 9.26 Å². The number of ether oxygens (including phenoxy) is 1. The first-order valence-corrected chi connectivity index (χ1v) is 6.45. The van der Waals surface area contributed by atoms with Crippen molar-refractivity contribution in [3.05, 3.63) is 53.1 Å². The zero-order chi connectivity index (χ0) is 14.1. The Kier molecular flexibility index (Phi) is 3.06. The summed E-state index contributed by atoms with van der Waals surface area (Å²) in [6.45, 7) is 2.07. The fourth-order valence-electron chi connectivity index (χ4n) is 2.34. The van der Waals surface area contributed by atoms with Crippen LogP contribution < -0.4 is 10.5 Å². The molecule has 1 aromatic heterocycles. The quantitative estimate of drug-likeness (QED) is 0.791. The molecule has 0 radical (unpaired) electrons. The molecule has 0 saturated heterocycles. The first kappa shape index (κ1) is 12.5.